The molecule has 3 aliphatic rings. The van der Waals surface area contributed by atoms with Crippen molar-refractivity contribution in [2.24, 2.45) is 17.3 Å². The maximum Gasteiger partial charge on any atom is 0.314 e. The van der Waals surface area contributed by atoms with Crippen LogP contribution in [-0.2, 0) is 9.59 Å². The average molecular weight is 347 g/mol. The monoisotopic (exact) mass is 347 g/mol. The molecule has 8 heteroatoms. The third-order valence-corrected chi connectivity index (χ3v) is 5.76. The number of carbonyl (C=O) groups excluding carboxylic acids is 2. The Balaban J connectivity index is 1.59. The number of rotatable bonds is 4. The van der Waals surface area contributed by atoms with E-state index in [9.17, 15) is 19.5 Å². The Hall–Kier alpha value is -2.38. The molecule has 1 aromatic heterocycles. The minimum atomic E-state index is -1.21. The third-order valence-electron chi connectivity index (χ3n) is 5.76. The number of carbonyl (C=O) groups is 3. The lowest BCUT2D eigenvalue weighted by Gasteiger charge is -2.25. The number of hydrogen-bond donors (Lipinski definition) is 1. The molecule has 1 aliphatic carbocycles. The second-order valence-corrected chi connectivity index (χ2v) is 7.56. The van der Waals surface area contributed by atoms with Crippen molar-refractivity contribution in [1.29, 1.82) is 0 Å². The quantitative estimate of drug-likeness (QED) is 0.859. The zero-order valence-corrected chi connectivity index (χ0v) is 14.3. The maximum absolute atomic E-state index is 12.8. The minimum Gasteiger partial charge on any atom is -0.481 e. The lowest BCUT2D eigenvalue weighted by Crippen LogP contribution is -2.42. The number of likely N-dealkylation sites (tertiary alicyclic amines) is 2. The topological polar surface area (TPSA) is 104 Å². The highest BCUT2D eigenvalue weighted by Crippen LogP contribution is 2.45. The Morgan fingerprint density at radius 3 is 2.56 bits per heavy atom. The zero-order chi connectivity index (χ0) is 17.9. The van der Waals surface area contributed by atoms with E-state index in [1.54, 1.807) is 18.7 Å². The van der Waals surface area contributed by atoms with E-state index in [1.807, 2.05) is 0 Å². The first-order valence-corrected chi connectivity index (χ1v) is 8.58. The number of carboxylic acids is 1. The number of nitrogens with zero attached hydrogens (tertiary/aromatic N) is 3. The second kappa shape index (κ2) is 5.31. The Bertz CT molecular complexity index is 749. The Kier molecular flexibility index (Phi) is 3.42. The van der Waals surface area contributed by atoms with Gasteiger partial charge in [0.2, 0.25) is 5.91 Å². The standard InChI is InChI=1S/C17H21N3O5/c1-9-13(10(2)25-18-9)15(22)20-6-12-14(21)19(5-11-3-4-11)7-17(12,8-20)16(23)24/h11-12H,3-8H2,1-2H3,(H,23,24)/t12-,17+/m0/s1. The summed E-state index contributed by atoms with van der Waals surface area (Å²) >= 11 is 0. The smallest absolute Gasteiger partial charge is 0.314 e. The van der Waals surface area contributed by atoms with Crippen LogP contribution in [0.25, 0.3) is 0 Å². The largest absolute Gasteiger partial charge is 0.481 e. The highest BCUT2D eigenvalue weighted by Gasteiger charge is 2.63. The zero-order valence-electron chi connectivity index (χ0n) is 14.3. The highest BCUT2D eigenvalue weighted by atomic mass is 16.5. The van der Waals surface area contributed by atoms with Gasteiger partial charge in [-0.25, -0.2) is 0 Å². The van der Waals surface area contributed by atoms with E-state index < -0.39 is 17.3 Å². The Morgan fingerprint density at radius 1 is 1.32 bits per heavy atom. The fourth-order valence-corrected chi connectivity index (χ4v) is 4.18. The van der Waals surface area contributed by atoms with Crippen LogP contribution in [0, 0.1) is 31.1 Å². The van der Waals surface area contributed by atoms with Crippen LogP contribution in [-0.4, -0.2) is 64.0 Å². The molecule has 0 bridgehead atoms. The predicted octanol–water partition coefficient (Wildman–Crippen LogP) is 0.687. The number of fused-ring (bicyclic) bond motifs is 1. The van der Waals surface area contributed by atoms with E-state index in [4.69, 9.17) is 4.52 Å². The van der Waals surface area contributed by atoms with Gasteiger partial charge in [-0.05, 0) is 32.6 Å². The molecule has 2 amide bonds. The van der Waals surface area contributed by atoms with E-state index >= 15 is 0 Å². The SMILES string of the molecule is Cc1noc(C)c1C(=O)N1C[C@H]2C(=O)N(CC3CC3)C[C@@]2(C(=O)O)C1. The van der Waals surface area contributed by atoms with E-state index in [0.29, 0.717) is 29.5 Å². The predicted molar refractivity (Wildman–Crippen MR) is 84.7 cm³/mol. The maximum atomic E-state index is 12.8. The summed E-state index contributed by atoms with van der Waals surface area (Å²) in [4.78, 5) is 40.8. The molecule has 1 saturated carbocycles. The van der Waals surface area contributed by atoms with Crippen molar-refractivity contribution in [2.75, 3.05) is 26.2 Å². The van der Waals surface area contributed by atoms with Crippen molar-refractivity contribution in [1.82, 2.24) is 15.0 Å². The summed E-state index contributed by atoms with van der Waals surface area (Å²) in [6, 6.07) is 0. The molecule has 8 nitrogen and oxygen atoms in total. The van der Waals surface area contributed by atoms with Crippen LogP contribution in [0.3, 0.4) is 0 Å². The summed E-state index contributed by atoms with van der Waals surface area (Å²) in [6.45, 7) is 4.34. The molecule has 2 aliphatic heterocycles. The molecule has 0 unspecified atom stereocenters. The van der Waals surface area contributed by atoms with Crippen LogP contribution in [0.2, 0.25) is 0 Å². The van der Waals surface area contributed by atoms with Gasteiger partial charge in [-0.15, -0.1) is 0 Å². The van der Waals surface area contributed by atoms with Gasteiger partial charge in [0.05, 0.1) is 11.6 Å². The minimum absolute atomic E-state index is 0.0444. The van der Waals surface area contributed by atoms with Crippen LogP contribution in [0.5, 0.6) is 0 Å². The molecule has 0 radical (unpaired) electrons. The van der Waals surface area contributed by atoms with Gasteiger partial charge in [0.1, 0.15) is 16.7 Å². The summed E-state index contributed by atoms with van der Waals surface area (Å²) < 4.78 is 5.04. The summed E-state index contributed by atoms with van der Waals surface area (Å²) in [5, 5.41) is 13.6. The van der Waals surface area contributed by atoms with Gasteiger partial charge in [-0.1, -0.05) is 5.16 Å². The molecular formula is C17H21N3O5. The van der Waals surface area contributed by atoms with E-state index in [-0.39, 0.29) is 31.4 Å². The first-order chi connectivity index (χ1) is 11.8. The number of hydrogen-bond acceptors (Lipinski definition) is 5. The van der Waals surface area contributed by atoms with Crippen LogP contribution in [0.4, 0.5) is 0 Å². The van der Waals surface area contributed by atoms with Gasteiger partial charge in [0.15, 0.2) is 0 Å². The van der Waals surface area contributed by atoms with E-state index in [0.717, 1.165) is 12.8 Å². The van der Waals surface area contributed by atoms with Gasteiger partial charge in [0, 0.05) is 26.2 Å². The Labute approximate surface area is 144 Å². The first kappa shape index (κ1) is 16.1. The normalized spacial score (nSPS) is 28.6. The molecule has 25 heavy (non-hydrogen) atoms. The van der Waals surface area contributed by atoms with Crippen LogP contribution >= 0.6 is 0 Å². The first-order valence-electron chi connectivity index (χ1n) is 8.58. The number of aliphatic carboxylic acids is 1. The van der Waals surface area contributed by atoms with Gasteiger partial charge >= 0.3 is 5.97 Å². The van der Waals surface area contributed by atoms with Crippen molar-refractivity contribution >= 4 is 17.8 Å². The van der Waals surface area contributed by atoms with Gasteiger partial charge in [0.25, 0.3) is 5.91 Å². The summed E-state index contributed by atoms with van der Waals surface area (Å²) in [5.74, 6) is -1.21. The number of carboxylic acid groups (broad SMARTS) is 1. The molecule has 3 heterocycles. The molecule has 1 aromatic rings. The summed E-state index contributed by atoms with van der Waals surface area (Å²) in [6.07, 6.45) is 2.20. The van der Waals surface area contributed by atoms with Gasteiger partial charge in [-0.3, -0.25) is 14.4 Å². The van der Waals surface area contributed by atoms with E-state index in [1.165, 1.54) is 4.90 Å². The third kappa shape index (κ3) is 2.34. The average Bonchev–Trinajstić information content (AvgIpc) is 3.10. The van der Waals surface area contributed by atoms with Crippen LogP contribution in [0.15, 0.2) is 4.52 Å². The van der Waals surface area contributed by atoms with E-state index in [2.05, 4.69) is 5.16 Å². The van der Waals surface area contributed by atoms with Crippen molar-refractivity contribution < 1.29 is 24.0 Å². The summed E-state index contributed by atoms with van der Waals surface area (Å²) in [5.41, 5.74) is -0.367. The van der Waals surface area contributed by atoms with Gasteiger partial charge < -0.3 is 19.4 Å². The Morgan fingerprint density at radius 2 is 2.04 bits per heavy atom. The fourth-order valence-electron chi connectivity index (χ4n) is 4.18. The number of aryl methyl sites for hydroxylation is 2. The molecule has 0 aromatic carbocycles. The van der Waals surface area contributed by atoms with Crippen LogP contribution in [0.1, 0.15) is 34.7 Å². The highest BCUT2D eigenvalue weighted by molar-refractivity contribution is 5.99. The van der Waals surface area contributed by atoms with Crippen molar-refractivity contribution in [2.45, 2.75) is 26.7 Å². The molecule has 1 N–H and O–H groups in total. The van der Waals surface area contributed by atoms with Gasteiger partial charge in [-0.2, -0.15) is 0 Å². The number of amides is 2. The second-order valence-electron chi connectivity index (χ2n) is 7.56. The molecule has 2 atom stereocenters. The van der Waals surface area contributed by atoms with Crippen molar-refractivity contribution in [3.63, 3.8) is 0 Å². The van der Waals surface area contributed by atoms with Crippen molar-refractivity contribution in [3.8, 4) is 0 Å². The molecule has 134 valence electrons. The number of aromatic nitrogens is 1. The lowest BCUT2D eigenvalue weighted by atomic mass is 9.81. The fraction of sp³-hybridized carbons (Fsp3) is 0.647. The van der Waals surface area contributed by atoms with Crippen molar-refractivity contribution in [3.05, 3.63) is 17.0 Å². The summed E-state index contributed by atoms with van der Waals surface area (Å²) in [7, 11) is 0. The molecule has 3 fully saturated rings. The molecule has 4 rings (SSSR count). The molecule has 0 spiro atoms. The molecule has 2 saturated heterocycles. The molecular weight excluding hydrogens is 326 g/mol. The lowest BCUT2D eigenvalue weighted by molar-refractivity contribution is -0.149. The van der Waals surface area contributed by atoms with Crippen LogP contribution < -0.4 is 0 Å².